The summed E-state index contributed by atoms with van der Waals surface area (Å²) in [5, 5.41) is 9.62. The average molecular weight is 267 g/mol. The number of aliphatic hydroxyl groups excluding tert-OH is 1. The maximum atomic E-state index is 9.62. The van der Waals surface area contributed by atoms with E-state index in [4.69, 9.17) is 0 Å². The highest BCUT2D eigenvalue weighted by Crippen LogP contribution is 2.36. The fourth-order valence-electron chi connectivity index (χ4n) is 3.00. The molecule has 2 nitrogen and oxygen atoms in total. The molecule has 0 aliphatic carbocycles. The summed E-state index contributed by atoms with van der Waals surface area (Å²) < 4.78 is 0. The van der Waals surface area contributed by atoms with Crippen LogP contribution in [0.25, 0.3) is 0 Å². The molecule has 1 heterocycles. The van der Waals surface area contributed by atoms with Gasteiger partial charge in [0.25, 0.3) is 0 Å². The van der Waals surface area contributed by atoms with Crippen LogP contribution in [0.3, 0.4) is 0 Å². The van der Waals surface area contributed by atoms with Gasteiger partial charge < -0.3 is 10.0 Å². The topological polar surface area (TPSA) is 23.5 Å². The summed E-state index contributed by atoms with van der Waals surface area (Å²) in [4.78, 5) is 2.41. The minimum absolute atomic E-state index is 0.407. The van der Waals surface area contributed by atoms with Gasteiger partial charge in [0, 0.05) is 17.4 Å². The first kappa shape index (κ1) is 13.2. The number of benzene rings is 2. The number of hydrogen-bond acceptors (Lipinski definition) is 2. The van der Waals surface area contributed by atoms with Crippen LogP contribution >= 0.6 is 0 Å². The number of hydrogen-bond donors (Lipinski definition) is 1. The summed E-state index contributed by atoms with van der Waals surface area (Å²) in [6.07, 6.45) is 1.92. The number of nitrogens with zero attached hydrogens (tertiary/aromatic N) is 1. The van der Waals surface area contributed by atoms with E-state index in [1.807, 2.05) is 12.1 Å². The van der Waals surface area contributed by atoms with E-state index in [9.17, 15) is 5.11 Å². The first-order valence-corrected chi connectivity index (χ1v) is 7.32. The monoisotopic (exact) mass is 267 g/mol. The van der Waals surface area contributed by atoms with Crippen molar-refractivity contribution in [1.29, 1.82) is 0 Å². The van der Waals surface area contributed by atoms with Gasteiger partial charge in [-0.05, 0) is 56.0 Å². The number of para-hydroxylation sites is 1. The third kappa shape index (κ3) is 2.32. The van der Waals surface area contributed by atoms with Crippen LogP contribution in [0.4, 0.5) is 11.4 Å². The lowest BCUT2D eigenvalue weighted by atomic mass is 9.95. The van der Waals surface area contributed by atoms with Crippen LogP contribution in [-0.2, 0) is 6.42 Å². The molecule has 2 atom stereocenters. The highest BCUT2D eigenvalue weighted by atomic mass is 16.3. The first-order valence-electron chi connectivity index (χ1n) is 7.32. The van der Waals surface area contributed by atoms with Gasteiger partial charge in [0.2, 0.25) is 0 Å². The Morgan fingerprint density at radius 3 is 2.50 bits per heavy atom. The van der Waals surface area contributed by atoms with Crippen molar-refractivity contribution in [1.82, 2.24) is 0 Å². The molecule has 2 aromatic carbocycles. The predicted molar refractivity (Wildman–Crippen MR) is 83.4 cm³/mol. The maximum absolute atomic E-state index is 9.62. The lowest BCUT2D eigenvalue weighted by Gasteiger charge is -2.37. The molecule has 0 amide bonds. The molecule has 0 bridgehead atoms. The minimum atomic E-state index is -0.407. The van der Waals surface area contributed by atoms with Crippen molar-refractivity contribution < 1.29 is 5.11 Å². The molecule has 2 aromatic rings. The fraction of sp³-hybridized carbons (Fsp3) is 0.333. The van der Waals surface area contributed by atoms with E-state index in [-0.39, 0.29) is 0 Å². The maximum Gasteiger partial charge on any atom is 0.0761 e. The molecule has 0 radical (unpaired) electrons. The Hall–Kier alpha value is -1.80. The van der Waals surface area contributed by atoms with Crippen LogP contribution in [0.15, 0.2) is 48.5 Å². The summed E-state index contributed by atoms with van der Waals surface area (Å²) in [6.45, 7) is 4.08. The number of aryl methyl sites for hydroxylation is 1. The van der Waals surface area contributed by atoms with Gasteiger partial charge in [-0.25, -0.2) is 0 Å². The van der Waals surface area contributed by atoms with Crippen molar-refractivity contribution in [3.63, 3.8) is 0 Å². The Kier molecular flexibility index (Phi) is 3.49. The highest BCUT2D eigenvalue weighted by Gasteiger charge is 2.23. The molecule has 20 heavy (non-hydrogen) atoms. The Bertz CT molecular complexity index is 589. The lowest BCUT2D eigenvalue weighted by Crippen LogP contribution is -2.33. The van der Waals surface area contributed by atoms with Crippen LogP contribution in [-0.4, -0.2) is 11.1 Å². The molecule has 2 unspecified atom stereocenters. The highest BCUT2D eigenvalue weighted by molar-refractivity contribution is 5.68. The fourth-order valence-corrected chi connectivity index (χ4v) is 3.00. The third-order valence-electron chi connectivity index (χ3n) is 4.18. The third-order valence-corrected chi connectivity index (χ3v) is 4.18. The summed E-state index contributed by atoms with van der Waals surface area (Å²) in [5.74, 6) is 0. The zero-order valence-electron chi connectivity index (χ0n) is 12.1. The molecule has 2 heteroatoms. The Balaban J connectivity index is 2.00. The summed E-state index contributed by atoms with van der Waals surface area (Å²) in [5.41, 5.74) is 4.90. The number of aliphatic hydroxyl groups is 1. The second-order valence-corrected chi connectivity index (χ2v) is 5.65. The van der Waals surface area contributed by atoms with Crippen LogP contribution in [0, 0.1) is 0 Å². The summed E-state index contributed by atoms with van der Waals surface area (Å²) >= 11 is 0. The van der Waals surface area contributed by atoms with E-state index in [0.717, 1.165) is 12.0 Å². The van der Waals surface area contributed by atoms with E-state index < -0.39 is 6.10 Å². The van der Waals surface area contributed by atoms with Gasteiger partial charge in [-0.2, -0.15) is 0 Å². The van der Waals surface area contributed by atoms with Crippen LogP contribution in [0.1, 0.15) is 37.5 Å². The van der Waals surface area contributed by atoms with E-state index in [2.05, 4.69) is 48.2 Å². The molecule has 0 saturated heterocycles. The van der Waals surface area contributed by atoms with Gasteiger partial charge in [0.15, 0.2) is 0 Å². The van der Waals surface area contributed by atoms with Crippen LogP contribution < -0.4 is 4.90 Å². The summed E-state index contributed by atoms with van der Waals surface area (Å²) in [7, 11) is 0. The van der Waals surface area contributed by atoms with E-state index in [1.54, 1.807) is 6.92 Å². The molecule has 1 N–H and O–H groups in total. The molecule has 1 aliphatic rings. The smallest absolute Gasteiger partial charge is 0.0761 e. The van der Waals surface area contributed by atoms with Crippen molar-refractivity contribution in [3.05, 3.63) is 59.7 Å². The number of anilines is 2. The van der Waals surface area contributed by atoms with Gasteiger partial charge in [-0.1, -0.05) is 30.3 Å². The van der Waals surface area contributed by atoms with Crippen molar-refractivity contribution in [2.24, 2.45) is 0 Å². The van der Waals surface area contributed by atoms with Crippen molar-refractivity contribution in [2.75, 3.05) is 4.90 Å². The van der Waals surface area contributed by atoms with Gasteiger partial charge in [0.1, 0.15) is 0 Å². The molecule has 104 valence electrons. The zero-order valence-corrected chi connectivity index (χ0v) is 12.1. The normalized spacial score (nSPS) is 19.6. The molecule has 0 spiro atoms. The molecular weight excluding hydrogens is 246 g/mol. The minimum Gasteiger partial charge on any atom is -0.389 e. The van der Waals surface area contributed by atoms with Gasteiger partial charge in [-0.3, -0.25) is 0 Å². The second kappa shape index (κ2) is 5.29. The Morgan fingerprint density at radius 2 is 1.80 bits per heavy atom. The largest absolute Gasteiger partial charge is 0.389 e. The molecule has 0 aromatic heterocycles. The van der Waals surface area contributed by atoms with E-state index in [0.29, 0.717) is 6.04 Å². The van der Waals surface area contributed by atoms with Crippen molar-refractivity contribution >= 4 is 11.4 Å². The van der Waals surface area contributed by atoms with Crippen LogP contribution in [0.5, 0.6) is 0 Å². The number of rotatable bonds is 2. The summed E-state index contributed by atoms with van der Waals surface area (Å²) in [6, 6.07) is 17.4. The quantitative estimate of drug-likeness (QED) is 0.881. The Morgan fingerprint density at radius 1 is 1.10 bits per heavy atom. The molecule has 0 saturated carbocycles. The molecule has 3 rings (SSSR count). The standard InChI is InChI=1S/C18H21NO/c1-13-7-8-16-5-3-4-6-18(16)19(13)17-11-9-15(10-12-17)14(2)20/h3-6,9-14,20H,7-8H2,1-2H3. The van der Waals surface area contributed by atoms with Gasteiger partial charge in [-0.15, -0.1) is 0 Å². The Labute approximate surface area is 120 Å². The second-order valence-electron chi connectivity index (χ2n) is 5.65. The SMILES string of the molecule is CC(O)c1ccc(N2c3ccccc3CCC2C)cc1. The van der Waals surface area contributed by atoms with Crippen molar-refractivity contribution in [3.8, 4) is 0 Å². The van der Waals surface area contributed by atoms with E-state index >= 15 is 0 Å². The molecular formula is C18H21NO. The lowest BCUT2D eigenvalue weighted by molar-refractivity contribution is 0.199. The van der Waals surface area contributed by atoms with Crippen LogP contribution in [0.2, 0.25) is 0 Å². The molecule has 1 aliphatic heterocycles. The zero-order chi connectivity index (χ0) is 14.1. The molecule has 0 fully saturated rings. The van der Waals surface area contributed by atoms with E-state index in [1.165, 1.54) is 23.4 Å². The predicted octanol–water partition coefficient (Wildman–Crippen LogP) is 4.21. The van der Waals surface area contributed by atoms with Gasteiger partial charge >= 0.3 is 0 Å². The number of fused-ring (bicyclic) bond motifs is 1. The van der Waals surface area contributed by atoms with Gasteiger partial charge in [0.05, 0.1) is 6.10 Å². The first-order chi connectivity index (χ1) is 9.66. The average Bonchev–Trinajstić information content (AvgIpc) is 2.47. The van der Waals surface area contributed by atoms with Crippen molar-refractivity contribution in [2.45, 2.75) is 38.8 Å².